The zero-order valence-corrected chi connectivity index (χ0v) is 14.8. The molecule has 0 saturated carbocycles. The third-order valence-corrected chi connectivity index (χ3v) is 6.04. The SMILES string of the molecule is O=c1c2c3c(sc2ncn1CCc1cccc(C(F)(F)F)c1)CCCC3. The number of alkyl halides is 3. The molecule has 0 fully saturated rings. The number of rotatable bonds is 3. The standard InChI is InChI=1S/C19H17F3N2OS/c20-19(21,22)13-5-3-4-12(10-13)8-9-24-11-23-17-16(18(24)25)14-6-1-2-7-15(14)26-17/h3-5,10-11H,1-2,6-9H2. The van der Waals surface area contributed by atoms with Crippen molar-refractivity contribution in [2.75, 3.05) is 0 Å². The van der Waals surface area contributed by atoms with Gasteiger partial charge in [-0.3, -0.25) is 9.36 Å². The normalized spacial score (nSPS) is 14.6. The van der Waals surface area contributed by atoms with Gasteiger partial charge in [0, 0.05) is 11.4 Å². The van der Waals surface area contributed by atoms with Crippen LogP contribution < -0.4 is 5.56 Å². The number of hydrogen-bond acceptors (Lipinski definition) is 3. The first-order valence-electron chi connectivity index (χ1n) is 8.59. The minimum atomic E-state index is -4.36. The van der Waals surface area contributed by atoms with Crippen molar-refractivity contribution >= 4 is 21.6 Å². The Kier molecular flexibility index (Phi) is 4.34. The van der Waals surface area contributed by atoms with Gasteiger partial charge in [-0.15, -0.1) is 11.3 Å². The number of hydrogen-bond donors (Lipinski definition) is 0. The summed E-state index contributed by atoms with van der Waals surface area (Å²) in [6, 6.07) is 5.25. The summed E-state index contributed by atoms with van der Waals surface area (Å²) in [7, 11) is 0. The molecule has 2 heterocycles. The first-order chi connectivity index (χ1) is 12.4. The van der Waals surface area contributed by atoms with Crippen molar-refractivity contribution in [2.24, 2.45) is 0 Å². The second-order valence-corrected chi connectivity index (χ2v) is 7.67. The monoisotopic (exact) mass is 378 g/mol. The Balaban J connectivity index is 1.62. The summed E-state index contributed by atoms with van der Waals surface area (Å²) in [5.74, 6) is 0. The van der Waals surface area contributed by atoms with Gasteiger partial charge >= 0.3 is 6.18 Å². The molecule has 0 N–H and O–H groups in total. The van der Waals surface area contributed by atoms with Crippen molar-refractivity contribution in [3.05, 3.63) is 62.5 Å². The number of aromatic nitrogens is 2. The molecule has 1 aliphatic rings. The molecule has 0 spiro atoms. The molecule has 7 heteroatoms. The number of halogens is 3. The molecular formula is C19H17F3N2OS. The molecule has 3 aromatic rings. The van der Waals surface area contributed by atoms with E-state index in [1.807, 2.05) is 0 Å². The molecule has 2 aromatic heterocycles. The van der Waals surface area contributed by atoms with Gasteiger partial charge in [-0.2, -0.15) is 13.2 Å². The van der Waals surface area contributed by atoms with Gasteiger partial charge in [0.2, 0.25) is 0 Å². The lowest BCUT2D eigenvalue weighted by molar-refractivity contribution is -0.137. The van der Waals surface area contributed by atoms with Gasteiger partial charge in [0.05, 0.1) is 17.3 Å². The van der Waals surface area contributed by atoms with Gasteiger partial charge in [0.15, 0.2) is 0 Å². The number of fused-ring (bicyclic) bond motifs is 3. The summed E-state index contributed by atoms with van der Waals surface area (Å²) >= 11 is 1.59. The Labute approximate surface area is 152 Å². The van der Waals surface area contributed by atoms with E-state index in [4.69, 9.17) is 0 Å². The van der Waals surface area contributed by atoms with Crippen molar-refractivity contribution in [1.29, 1.82) is 0 Å². The van der Waals surface area contributed by atoms with Crippen LogP contribution in [0.15, 0.2) is 35.4 Å². The van der Waals surface area contributed by atoms with Crippen LogP contribution in [-0.4, -0.2) is 9.55 Å². The van der Waals surface area contributed by atoms with Gasteiger partial charge in [0.1, 0.15) is 4.83 Å². The summed E-state index contributed by atoms with van der Waals surface area (Å²) in [5, 5.41) is 0.705. The van der Waals surface area contributed by atoms with Gasteiger partial charge < -0.3 is 0 Å². The largest absolute Gasteiger partial charge is 0.416 e. The predicted molar refractivity (Wildman–Crippen MR) is 95.7 cm³/mol. The second-order valence-electron chi connectivity index (χ2n) is 6.58. The Morgan fingerprint density at radius 2 is 2.00 bits per heavy atom. The van der Waals surface area contributed by atoms with Crippen molar-refractivity contribution in [3.63, 3.8) is 0 Å². The van der Waals surface area contributed by atoms with Crippen LogP contribution in [0, 0.1) is 0 Å². The van der Waals surface area contributed by atoms with Crippen LogP contribution in [0.2, 0.25) is 0 Å². The van der Waals surface area contributed by atoms with Crippen LogP contribution >= 0.6 is 11.3 Å². The lowest BCUT2D eigenvalue weighted by Crippen LogP contribution is -2.22. The number of thiophene rings is 1. The molecule has 0 atom stereocenters. The highest BCUT2D eigenvalue weighted by molar-refractivity contribution is 7.18. The third kappa shape index (κ3) is 3.16. The van der Waals surface area contributed by atoms with Gasteiger partial charge in [-0.25, -0.2) is 4.98 Å². The van der Waals surface area contributed by atoms with E-state index < -0.39 is 11.7 Å². The highest BCUT2D eigenvalue weighted by Crippen LogP contribution is 2.33. The summed E-state index contributed by atoms with van der Waals surface area (Å²) in [5.41, 5.74) is 0.936. The van der Waals surface area contributed by atoms with E-state index in [9.17, 15) is 18.0 Å². The zero-order chi connectivity index (χ0) is 18.3. The molecule has 0 aliphatic heterocycles. The molecule has 1 aliphatic carbocycles. The Morgan fingerprint density at radius 3 is 2.81 bits per heavy atom. The first kappa shape index (κ1) is 17.3. The summed E-state index contributed by atoms with van der Waals surface area (Å²) in [6.45, 7) is 0.313. The van der Waals surface area contributed by atoms with E-state index in [1.165, 1.54) is 21.8 Å². The van der Waals surface area contributed by atoms with Crippen LogP contribution in [0.25, 0.3) is 10.2 Å². The van der Waals surface area contributed by atoms with Crippen molar-refractivity contribution in [1.82, 2.24) is 9.55 Å². The quantitative estimate of drug-likeness (QED) is 0.668. The molecule has 0 unspecified atom stereocenters. The molecule has 26 heavy (non-hydrogen) atoms. The number of benzene rings is 1. The molecule has 0 amide bonds. The first-order valence-corrected chi connectivity index (χ1v) is 9.41. The highest BCUT2D eigenvalue weighted by Gasteiger charge is 2.30. The zero-order valence-electron chi connectivity index (χ0n) is 14.0. The molecule has 0 radical (unpaired) electrons. The van der Waals surface area contributed by atoms with E-state index in [2.05, 4.69) is 4.98 Å². The van der Waals surface area contributed by atoms with E-state index in [0.29, 0.717) is 23.9 Å². The predicted octanol–water partition coefficient (Wildman–Crippen LogP) is 4.60. The van der Waals surface area contributed by atoms with Gasteiger partial charge in [0.25, 0.3) is 5.56 Å². The van der Waals surface area contributed by atoms with Crippen LogP contribution in [0.1, 0.15) is 34.4 Å². The fraction of sp³-hybridized carbons (Fsp3) is 0.368. The van der Waals surface area contributed by atoms with E-state index in [-0.39, 0.29) is 5.56 Å². The average Bonchev–Trinajstić information content (AvgIpc) is 3.00. The molecule has 4 rings (SSSR count). The smallest absolute Gasteiger partial charge is 0.298 e. The topological polar surface area (TPSA) is 34.9 Å². The molecule has 0 bridgehead atoms. The molecule has 1 aromatic carbocycles. The van der Waals surface area contributed by atoms with Crippen molar-refractivity contribution < 1.29 is 13.2 Å². The summed E-state index contributed by atoms with van der Waals surface area (Å²) in [4.78, 5) is 19.3. The van der Waals surface area contributed by atoms with Crippen molar-refractivity contribution in [2.45, 2.75) is 44.8 Å². The third-order valence-electron chi connectivity index (χ3n) is 4.84. The minimum Gasteiger partial charge on any atom is -0.298 e. The summed E-state index contributed by atoms with van der Waals surface area (Å²) < 4.78 is 40.0. The van der Waals surface area contributed by atoms with Crippen molar-refractivity contribution in [3.8, 4) is 0 Å². The maximum Gasteiger partial charge on any atom is 0.416 e. The highest BCUT2D eigenvalue weighted by atomic mass is 32.1. The molecule has 0 saturated heterocycles. The maximum absolute atomic E-state index is 12.9. The Morgan fingerprint density at radius 1 is 1.19 bits per heavy atom. The van der Waals surface area contributed by atoms with Crippen LogP contribution in [-0.2, 0) is 32.0 Å². The second kappa shape index (κ2) is 6.54. The lowest BCUT2D eigenvalue weighted by atomic mass is 9.97. The van der Waals surface area contributed by atoms with Crippen LogP contribution in [0.3, 0.4) is 0 Å². The van der Waals surface area contributed by atoms with E-state index in [1.54, 1.807) is 17.4 Å². The van der Waals surface area contributed by atoms with Gasteiger partial charge in [-0.05, 0) is 49.3 Å². The maximum atomic E-state index is 12.9. The molecule has 136 valence electrons. The Bertz CT molecular complexity index is 1020. The summed E-state index contributed by atoms with van der Waals surface area (Å²) in [6.07, 6.45) is 1.64. The fourth-order valence-electron chi connectivity index (χ4n) is 3.49. The fourth-order valence-corrected chi connectivity index (χ4v) is 4.71. The molecular weight excluding hydrogens is 361 g/mol. The van der Waals surface area contributed by atoms with Crippen LogP contribution in [0.4, 0.5) is 13.2 Å². The number of nitrogens with zero attached hydrogens (tertiary/aromatic N) is 2. The van der Waals surface area contributed by atoms with Crippen LogP contribution in [0.5, 0.6) is 0 Å². The Hall–Kier alpha value is -2.15. The average molecular weight is 378 g/mol. The van der Waals surface area contributed by atoms with Gasteiger partial charge in [-0.1, -0.05) is 18.2 Å². The van der Waals surface area contributed by atoms with E-state index >= 15 is 0 Å². The van der Waals surface area contributed by atoms with E-state index in [0.717, 1.165) is 48.2 Å². The number of aryl methyl sites for hydroxylation is 4. The molecule has 3 nitrogen and oxygen atoms in total. The lowest BCUT2D eigenvalue weighted by Gasteiger charge is -2.11. The minimum absolute atomic E-state index is 0.0821.